The van der Waals surface area contributed by atoms with Crippen LogP contribution in [0.3, 0.4) is 0 Å². The van der Waals surface area contributed by atoms with Crippen molar-refractivity contribution in [2.45, 2.75) is 33.1 Å². The smallest absolute Gasteiger partial charge is 0.0107 e. The fourth-order valence-electron chi connectivity index (χ4n) is 1.53. The Morgan fingerprint density at radius 3 is 2.20 bits per heavy atom. The predicted molar refractivity (Wildman–Crippen MR) is 68.4 cm³/mol. The van der Waals surface area contributed by atoms with Crippen LogP contribution in [0, 0.1) is 0 Å². The van der Waals surface area contributed by atoms with Crippen LogP contribution >= 0.6 is 0 Å². The van der Waals surface area contributed by atoms with Gasteiger partial charge in [-0.3, -0.25) is 0 Å². The molecular weight excluding hydrogens is 186 g/mol. The Morgan fingerprint density at radius 2 is 1.60 bits per heavy atom. The average Bonchev–Trinajstić information content (AvgIpc) is 2.27. The molecule has 0 saturated carbocycles. The molecule has 0 spiro atoms. The van der Waals surface area contributed by atoms with Crippen molar-refractivity contribution in [3.63, 3.8) is 0 Å². The maximum Gasteiger partial charge on any atom is 0.0107 e. The lowest BCUT2D eigenvalue weighted by Gasteiger charge is -2.22. The fourth-order valence-corrected chi connectivity index (χ4v) is 1.53. The molecule has 0 aliphatic carbocycles. The van der Waals surface area contributed by atoms with Gasteiger partial charge in [0.2, 0.25) is 0 Å². The second-order valence-corrected chi connectivity index (χ2v) is 4.05. The standard InChI is InChI=1S/C12H29N3/c1-4-6-10-15(11-8-13-3)12-9-14-7-5-2/h13-14H,4-12H2,1-3H3. The van der Waals surface area contributed by atoms with Crippen molar-refractivity contribution < 1.29 is 0 Å². The van der Waals surface area contributed by atoms with Gasteiger partial charge >= 0.3 is 0 Å². The molecule has 0 bridgehead atoms. The average molecular weight is 215 g/mol. The van der Waals surface area contributed by atoms with Crippen molar-refractivity contribution in [2.75, 3.05) is 46.3 Å². The van der Waals surface area contributed by atoms with E-state index in [1.54, 1.807) is 0 Å². The molecule has 0 radical (unpaired) electrons. The van der Waals surface area contributed by atoms with Gasteiger partial charge in [-0.2, -0.15) is 0 Å². The highest BCUT2D eigenvalue weighted by Gasteiger charge is 2.02. The summed E-state index contributed by atoms with van der Waals surface area (Å²) in [7, 11) is 2.02. The van der Waals surface area contributed by atoms with Crippen LogP contribution in [0.4, 0.5) is 0 Å². The summed E-state index contributed by atoms with van der Waals surface area (Å²) in [5.74, 6) is 0. The van der Waals surface area contributed by atoms with Gasteiger partial charge in [0.05, 0.1) is 0 Å². The second kappa shape index (κ2) is 12.0. The molecule has 0 saturated heterocycles. The maximum absolute atomic E-state index is 3.46. The maximum atomic E-state index is 3.46. The monoisotopic (exact) mass is 215 g/mol. The van der Waals surface area contributed by atoms with Crippen molar-refractivity contribution >= 4 is 0 Å². The van der Waals surface area contributed by atoms with Crippen LogP contribution in [0.5, 0.6) is 0 Å². The quantitative estimate of drug-likeness (QED) is 0.509. The van der Waals surface area contributed by atoms with Crippen LogP contribution in [0.2, 0.25) is 0 Å². The molecule has 3 heteroatoms. The van der Waals surface area contributed by atoms with E-state index in [-0.39, 0.29) is 0 Å². The molecule has 0 amide bonds. The first-order valence-electron chi connectivity index (χ1n) is 6.42. The lowest BCUT2D eigenvalue weighted by molar-refractivity contribution is 0.271. The van der Waals surface area contributed by atoms with Crippen molar-refractivity contribution in [1.82, 2.24) is 15.5 Å². The molecule has 92 valence electrons. The van der Waals surface area contributed by atoms with E-state index in [2.05, 4.69) is 29.4 Å². The molecule has 0 atom stereocenters. The summed E-state index contributed by atoms with van der Waals surface area (Å²) < 4.78 is 0. The van der Waals surface area contributed by atoms with E-state index in [1.165, 1.54) is 38.9 Å². The summed E-state index contributed by atoms with van der Waals surface area (Å²) in [5, 5.41) is 6.67. The van der Waals surface area contributed by atoms with Crippen molar-refractivity contribution in [3.05, 3.63) is 0 Å². The van der Waals surface area contributed by atoms with E-state index in [4.69, 9.17) is 0 Å². The van der Waals surface area contributed by atoms with Crippen LogP contribution in [-0.4, -0.2) is 51.2 Å². The van der Waals surface area contributed by atoms with Gasteiger partial charge in [-0.1, -0.05) is 20.3 Å². The van der Waals surface area contributed by atoms with E-state index < -0.39 is 0 Å². The minimum Gasteiger partial charge on any atom is -0.318 e. The number of nitrogens with one attached hydrogen (secondary N) is 2. The van der Waals surface area contributed by atoms with Crippen LogP contribution in [0.1, 0.15) is 33.1 Å². The minimum atomic E-state index is 1.09. The highest BCUT2D eigenvalue weighted by molar-refractivity contribution is 4.61. The summed E-state index contributed by atoms with van der Waals surface area (Å²) in [6.45, 7) is 11.4. The Morgan fingerprint density at radius 1 is 0.867 bits per heavy atom. The number of likely N-dealkylation sites (N-methyl/N-ethyl adjacent to an activating group) is 1. The van der Waals surface area contributed by atoms with E-state index in [1.807, 2.05) is 7.05 Å². The molecule has 0 aromatic heterocycles. The van der Waals surface area contributed by atoms with E-state index in [0.717, 1.165) is 19.6 Å². The first-order chi connectivity index (χ1) is 7.35. The van der Waals surface area contributed by atoms with Gasteiger partial charge in [0.25, 0.3) is 0 Å². The number of hydrogen-bond donors (Lipinski definition) is 2. The number of hydrogen-bond acceptors (Lipinski definition) is 3. The largest absolute Gasteiger partial charge is 0.318 e. The third kappa shape index (κ3) is 10.2. The lowest BCUT2D eigenvalue weighted by Crippen LogP contribution is -2.37. The van der Waals surface area contributed by atoms with Crippen molar-refractivity contribution in [1.29, 1.82) is 0 Å². The summed E-state index contributed by atoms with van der Waals surface area (Å²) >= 11 is 0. The zero-order valence-corrected chi connectivity index (χ0v) is 10.8. The Kier molecular flexibility index (Phi) is 11.9. The second-order valence-electron chi connectivity index (χ2n) is 4.05. The Balaban J connectivity index is 3.49. The van der Waals surface area contributed by atoms with Gasteiger partial charge in [0.1, 0.15) is 0 Å². The van der Waals surface area contributed by atoms with Gasteiger partial charge in [-0.15, -0.1) is 0 Å². The third-order valence-corrected chi connectivity index (χ3v) is 2.54. The van der Waals surface area contributed by atoms with Gasteiger partial charge in [0.15, 0.2) is 0 Å². The highest BCUT2D eigenvalue weighted by atomic mass is 15.1. The molecule has 15 heavy (non-hydrogen) atoms. The molecule has 2 N–H and O–H groups in total. The van der Waals surface area contributed by atoms with Crippen LogP contribution in [0.25, 0.3) is 0 Å². The normalized spacial score (nSPS) is 11.2. The topological polar surface area (TPSA) is 27.3 Å². The Hall–Kier alpha value is -0.120. The molecule has 0 aliphatic heterocycles. The number of rotatable bonds is 11. The fraction of sp³-hybridized carbons (Fsp3) is 1.00. The van der Waals surface area contributed by atoms with Crippen molar-refractivity contribution in [2.24, 2.45) is 0 Å². The van der Waals surface area contributed by atoms with E-state index in [9.17, 15) is 0 Å². The Labute approximate surface area is 95.6 Å². The molecule has 0 rings (SSSR count). The van der Waals surface area contributed by atoms with Crippen molar-refractivity contribution in [3.8, 4) is 0 Å². The summed E-state index contributed by atoms with van der Waals surface area (Å²) in [6.07, 6.45) is 3.83. The number of nitrogens with zero attached hydrogens (tertiary/aromatic N) is 1. The zero-order valence-electron chi connectivity index (χ0n) is 10.8. The molecule has 0 aliphatic rings. The van der Waals surface area contributed by atoms with Gasteiger partial charge in [-0.25, -0.2) is 0 Å². The van der Waals surface area contributed by atoms with Crippen LogP contribution in [-0.2, 0) is 0 Å². The molecule has 0 aromatic carbocycles. The number of unbranched alkanes of at least 4 members (excludes halogenated alkanes) is 1. The zero-order chi connectivity index (χ0) is 11.4. The third-order valence-electron chi connectivity index (χ3n) is 2.54. The molecule has 0 fully saturated rings. The minimum absolute atomic E-state index is 1.09. The van der Waals surface area contributed by atoms with Gasteiger partial charge < -0.3 is 15.5 Å². The molecular formula is C12H29N3. The lowest BCUT2D eigenvalue weighted by atomic mass is 10.3. The highest BCUT2D eigenvalue weighted by Crippen LogP contribution is 1.93. The first-order valence-corrected chi connectivity index (χ1v) is 6.42. The van der Waals surface area contributed by atoms with Crippen LogP contribution < -0.4 is 10.6 Å². The first kappa shape index (κ1) is 14.9. The summed E-state index contributed by atoms with van der Waals surface area (Å²) in [5.41, 5.74) is 0. The Bertz CT molecular complexity index is 109. The SMILES string of the molecule is CCCCN(CCNC)CCNCCC. The van der Waals surface area contributed by atoms with Crippen LogP contribution in [0.15, 0.2) is 0 Å². The van der Waals surface area contributed by atoms with E-state index >= 15 is 0 Å². The van der Waals surface area contributed by atoms with Gasteiger partial charge in [0, 0.05) is 26.2 Å². The van der Waals surface area contributed by atoms with Gasteiger partial charge in [-0.05, 0) is 33.0 Å². The molecule has 0 unspecified atom stereocenters. The summed E-state index contributed by atoms with van der Waals surface area (Å²) in [6, 6.07) is 0. The van der Waals surface area contributed by atoms with E-state index in [0.29, 0.717) is 0 Å². The summed E-state index contributed by atoms with van der Waals surface area (Å²) in [4.78, 5) is 2.54. The predicted octanol–water partition coefficient (Wildman–Crippen LogP) is 1.31. The molecule has 0 heterocycles. The molecule has 3 nitrogen and oxygen atoms in total. The molecule has 0 aromatic rings.